The molecule has 0 aliphatic heterocycles. The Balaban J connectivity index is 0.000000264. The lowest BCUT2D eigenvalue weighted by molar-refractivity contribution is -0.900. The predicted molar refractivity (Wildman–Crippen MR) is 139 cm³/mol. The van der Waals surface area contributed by atoms with Crippen LogP contribution in [0.3, 0.4) is 0 Å². The van der Waals surface area contributed by atoms with Gasteiger partial charge in [-0.25, -0.2) is 10.5 Å². The number of ketones is 2. The second kappa shape index (κ2) is 12.1. The third-order valence-corrected chi connectivity index (χ3v) is 7.65. The summed E-state index contributed by atoms with van der Waals surface area (Å²) in [6, 6.07) is 0. The van der Waals surface area contributed by atoms with Crippen LogP contribution in [0.4, 0.5) is 0 Å². The molecule has 0 heterocycles. The van der Waals surface area contributed by atoms with Crippen molar-refractivity contribution in [3.05, 3.63) is 22.7 Å². The number of Topliss-reactive ketones (excluding diaryl/α,β-unsaturated/α-hetero) is 2. The lowest BCUT2D eigenvalue weighted by Gasteiger charge is -2.22. The number of hydrogen-bond acceptors (Lipinski definition) is 8. The molecule has 0 aromatic carbocycles. The number of rotatable bonds is 4. The van der Waals surface area contributed by atoms with Gasteiger partial charge in [0.15, 0.2) is 0 Å². The largest absolute Gasteiger partial charge is 0.875 e. The molecular weight excluding hydrogens is 492 g/mol. The number of allylic oxidation sites excluding steroid dienone is 4. The average Bonchev–Trinajstić information content (AvgIpc) is 3.50. The average molecular weight is 543 g/mol. The summed E-state index contributed by atoms with van der Waals surface area (Å²) in [7, 11) is 11.6. The normalized spacial score (nSPS) is 28.5. The summed E-state index contributed by atoms with van der Waals surface area (Å²) in [6.45, 7) is 12.3. The highest BCUT2D eigenvalue weighted by atomic mass is 17.1. The third-order valence-electron chi connectivity index (χ3n) is 7.65. The summed E-state index contributed by atoms with van der Waals surface area (Å²) in [5.74, 6) is 0.264. The Bertz CT molecular complexity index is 861. The van der Waals surface area contributed by atoms with Crippen LogP contribution < -0.4 is 10.2 Å². The van der Waals surface area contributed by atoms with Crippen molar-refractivity contribution in [2.24, 2.45) is 34.5 Å². The Hall–Kier alpha value is -1.82. The van der Waals surface area contributed by atoms with Crippen molar-refractivity contribution in [1.82, 2.24) is 0 Å². The van der Waals surface area contributed by atoms with E-state index >= 15 is 0 Å². The topological polar surface area (TPSA) is 139 Å². The number of hydrogen-bond donors (Lipinski definition) is 2. The van der Waals surface area contributed by atoms with Crippen LogP contribution in [0, 0.1) is 34.5 Å². The Kier molecular flexibility index (Phi) is 10.9. The lowest BCUT2D eigenvalue weighted by atomic mass is 9.94. The van der Waals surface area contributed by atoms with Gasteiger partial charge in [-0.05, 0) is 22.7 Å². The molecule has 4 rings (SSSR count). The molecule has 220 valence electrons. The minimum absolute atomic E-state index is 0.0253. The van der Waals surface area contributed by atoms with Crippen LogP contribution in [-0.4, -0.2) is 86.8 Å². The Morgan fingerprint density at radius 3 is 1.16 bits per heavy atom. The van der Waals surface area contributed by atoms with Crippen LogP contribution in [-0.2, 0) is 19.4 Å². The van der Waals surface area contributed by atoms with Crippen molar-refractivity contribution < 1.29 is 49.1 Å². The summed E-state index contributed by atoms with van der Waals surface area (Å²) >= 11 is 0. The molecule has 0 radical (unpaired) electrons. The van der Waals surface area contributed by atoms with Crippen LogP contribution in [0.1, 0.15) is 54.4 Å². The molecule has 0 aromatic heterocycles. The summed E-state index contributed by atoms with van der Waals surface area (Å²) in [4.78, 5) is 30.3. The van der Waals surface area contributed by atoms with Crippen LogP contribution in [0.2, 0.25) is 0 Å². The van der Waals surface area contributed by atoms with E-state index in [4.69, 9.17) is 10.5 Å². The molecule has 4 atom stereocenters. The number of nitrogens with zero attached hydrogens (tertiary/aromatic N) is 2. The van der Waals surface area contributed by atoms with E-state index in [2.05, 4.69) is 37.5 Å². The van der Waals surface area contributed by atoms with Crippen molar-refractivity contribution in [2.75, 3.05) is 55.7 Å². The second-order valence-corrected chi connectivity index (χ2v) is 14.0. The SMILES string of the molecule is CC1C(=O)CC2C(=C1[O-])C2(C)C.CC1C(=O)CC2C(=C1[O-])C2(C)C.C[N+](C)(C)COO.C[N+](C)(C)COO. The first-order valence-corrected chi connectivity index (χ1v) is 13.1. The molecule has 0 spiro atoms. The molecule has 4 aliphatic rings. The monoisotopic (exact) mass is 542 g/mol. The molecule has 4 unspecified atom stereocenters. The Morgan fingerprint density at radius 1 is 0.711 bits per heavy atom. The van der Waals surface area contributed by atoms with Crippen molar-refractivity contribution in [3.63, 3.8) is 0 Å². The number of quaternary nitrogens is 2. The molecule has 2 saturated carbocycles. The zero-order valence-electron chi connectivity index (χ0n) is 25.4. The molecule has 2 fully saturated rings. The fourth-order valence-electron chi connectivity index (χ4n) is 4.83. The molecule has 0 saturated heterocycles. The smallest absolute Gasteiger partial charge is 0.213 e. The van der Waals surface area contributed by atoms with Gasteiger partial charge in [0.2, 0.25) is 13.5 Å². The van der Waals surface area contributed by atoms with Crippen molar-refractivity contribution in [3.8, 4) is 0 Å². The van der Waals surface area contributed by atoms with E-state index in [9.17, 15) is 19.8 Å². The first-order valence-electron chi connectivity index (χ1n) is 13.1. The zero-order chi connectivity index (χ0) is 30.0. The lowest BCUT2D eigenvalue weighted by Crippen LogP contribution is -2.36. The van der Waals surface area contributed by atoms with E-state index in [1.807, 2.05) is 42.3 Å². The molecule has 0 aromatic rings. The molecule has 10 heteroatoms. The number of carbonyl (C=O) groups excluding carboxylic acids is 2. The predicted octanol–water partition coefficient (Wildman–Crippen LogP) is 2.01. The maximum Gasteiger partial charge on any atom is 0.213 e. The summed E-state index contributed by atoms with van der Waals surface area (Å²) in [5.41, 5.74) is 2.07. The van der Waals surface area contributed by atoms with Gasteiger partial charge < -0.3 is 19.2 Å². The number of fused-ring (bicyclic) bond motifs is 2. The van der Waals surface area contributed by atoms with E-state index in [1.165, 1.54) is 0 Å². The van der Waals surface area contributed by atoms with Gasteiger partial charge in [-0.3, -0.25) is 9.59 Å². The standard InChI is InChI=1S/2C10H14O2.2C4H11NO2/c2*1-5-7(11)4-6-8(9(5)12)10(6,2)3;2*1-5(2,3)4-7-6/h2*5-6,12H,4H2,1-3H3;2*4H2,1-3H3. The highest BCUT2D eigenvalue weighted by molar-refractivity contribution is 5.87. The van der Waals surface area contributed by atoms with Crippen LogP contribution in [0.25, 0.3) is 0 Å². The summed E-state index contributed by atoms with van der Waals surface area (Å²) < 4.78 is 1.24. The van der Waals surface area contributed by atoms with E-state index in [1.54, 1.807) is 13.8 Å². The minimum atomic E-state index is -0.363. The van der Waals surface area contributed by atoms with Crippen LogP contribution in [0.5, 0.6) is 0 Å². The van der Waals surface area contributed by atoms with E-state index in [0.717, 1.165) is 11.1 Å². The van der Waals surface area contributed by atoms with Crippen molar-refractivity contribution in [2.45, 2.75) is 54.4 Å². The van der Waals surface area contributed by atoms with E-state index < -0.39 is 0 Å². The summed E-state index contributed by atoms with van der Waals surface area (Å²) in [6.07, 6.45) is 1.19. The zero-order valence-corrected chi connectivity index (χ0v) is 25.4. The van der Waals surface area contributed by atoms with Crippen LogP contribution >= 0.6 is 0 Å². The highest BCUT2D eigenvalue weighted by Crippen LogP contribution is 2.64. The summed E-state index contributed by atoms with van der Waals surface area (Å²) in [5, 5.41) is 38.8. The minimum Gasteiger partial charge on any atom is -0.875 e. The van der Waals surface area contributed by atoms with Crippen molar-refractivity contribution >= 4 is 11.6 Å². The van der Waals surface area contributed by atoms with Gasteiger partial charge in [-0.2, -0.15) is 9.78 Å². The first kappa shape index (κ1) is 34.2. The van der Waals surface area contributed by atoms with E-state index in [-0.39, 0.29) is 57.6 Å². The Morgan fingerprint density at radius 2 is 0.974 bits per heavy atom. The van der Waals surface area contributed by atoms with Crippen LogP contribution in [0.15, 0.2) is 22.7 Å². The molecule has 2 N–H and O–H groups in total. The fraction of sp³-hybridized carbons (Fsp3) is 0.786. The molecular formula is C28H50N2O8. The van der Waals surface area contributed by atoms with Gasteiger partial charge in [-0.1, -0.05) is 52.7 Å². The van der Waals surface area contributed by atoms with Gasteiger partial charge >= 0.3 is 0 Å². The maximum absolute atomic E-state index is 11.5. The van der Waals surface area contributed by atoms with Gasteiger partial charge in [0.1, 0.15) is 11.6 Å². The molecule has 10 nitrogen and oxygen atoms in total. The van der Waals surface area contributed by atoms with Gasteiger partial charge in [0.05, 0.1) is 42.3 Å². The van der Waals surface area contributed by atoms with E-state index in [0.29, 0.717) is 35.3 Å². The highest BCUT2D eigenvalue weighted by Gasteiger charge is 2.56. The molecule has 4 aliphatic carbocycles. The quantitative estimate of drug-likeness (QED) is 0.238. The van der Waals surface area contributed by atoms with Gasteiger partial charge in [0.25, 0.3) is 0 Å². The maximum atomic E-state index is 11.5. The molecule has 0 bridgehead atoms. The Labute approximate surface area is 228 Å². The second-order valence-electron chi connectivity index (χ2n) is 14.0. The molecule has 0 amide bonds. The van der Waals surface area contributed by atoms with Gasteiger partial charge in [0, 0.05) is 24.7 Å². The number of carbonyl (C=O) groups is 2. The first-order chi connectivity index (χ1) is 17.0. The molecule has 38 heavy (non-hydrogen) atoms. The van der Waals surface area contributed by atoms with Gasteiger partial charge in [-0.15, -0.1) is 11.5 Å². The fourth-order valence-corrected chi connectivity index (χ4v) is 4.83. The third kappa shape index (κ3) is 8.59. The van der Waals surface area contributed by atoms with Crippen molar-refractivity contribution in [1.29, 1.82) is 0 Å².